The molecule has 134 valence electrons. The Morgan fingerprint density at radius 3 is 2.96 bits per heavy atom. The molecule has 0 bridgehead atoms. The van der Waals surface area contributed by atoms with Crippen molar-refractivity contribution in [2.24, 2.45) is 0 Å². The molecule has 1 aliphatic rings. The van der Waals surface area contributed by atoms with E-state index in [-0.39, 0.29) is 24.6 Å². The molecule has 0 radical (unpaired) electrons. The smallest absolute Gasteiger partial charge is 0.253 e. The first kappa shape index (κ1) is 17.6. The lowest BCUT2D eigenvalue weighted by Gasteiger charge is -2.25. The zero-order valence-electron chi connectivity index (χ0n) is 14.5. The second kappa shape index (κ2) is 7.80. The fourth-order valence-electron chi connectivity index (χ4n) is 3.20. The van der Waals surface area contributed by atoms with Crippen LogP contribution in [0.3, 0.4) is 0 Å². The third-order valence-corrected chi connectivity index (χ3v) is 4.54. The lowest BCUT2D eigenvalue weighted by Crippen LogP contribution is -2.40. The number of aromatic amines is 1. The number of benzene rings is 1. The molecule has 1 amide bonds. The van der Waals surface area contributed by atoms with Crippen LogP contribution in [0.1, 0.15) is 30.4 Å². The number of carbonyl (C=O) groups excluding carboxylic acids is 1. The van der Waals surface area contributed by atoms with Gasteiger partial charge >= 0.3 is 0 Å². The van der Waals surface area contributed by atoms with Gasteiger partial charge in [0, 0.05) is 30.8 Å². The zero-order chi connectivity index (χ0) is 17.8. The van der Waals surface area contributed by atoms with Crippen LogP contribution in [0.25, 0.3) is 10.9 Å². The highest BCUT2D eigenvalue weighted by atomic mass is 16.5. The molecule has 1 aliphatic heterocycles. The summed E-state index contributed by atoms with van der Waals surface area (Å²) in [6, 6.07) is 7.69. The predicted molar refractivity (Wildman–Crippen MR) is 95.4 cm³/mol. The van der Waals surface area contributed by atoms with E-state index in [0.29, 0.717) is 31.6 Å². The molecule has 3 rings (SSSR count). The number of pyridine rings is 1. The Morgan fingerprint density at radius 1 is 1.40 bits per heavy atom. The van der Waals surface area contributed by atoms with Crippen molar-refractivity contribution >= 4 is 16.8 Å². The second-order valence-electron chi connectivity index (χ2n) is 6.55. The number of aromatic nitrogens is 1. The quantitative estimate of drug-likeness (QED) is 0.836. The third-order valence-electron chi connectivity index (χ3n) is 4.54. The molecule has 1 saturated heterocycles. The number of aliphatic hydroxyl groups excluding tert-OH is 1. The highest BCUT2D eigenvalue weighted by molar-refractivity contribution is 5.82. The van der Waals surface area contributed by atoms with Crippen LogP contribution in [0.2, 0.25) is 0 Å². The number of aliphatic hydroxyl groups is 1. The molecule has 2 aromatic rings. The van der Waals surface area contributed by atoms with E-state index in [0.717, 1.165) is 22.9 Å². The van der Waals surface area contributed by atoms with Crippen molar-refractivity contribution in [3.63, 3.8) is 0 Å². The highest BCUT2D eigenvalue weighted by Gasteiger charge is 2.28. The first-order valence-electron chi connectivity index (χ1n) is 8.72. The Morgan fingerprint density at radius 2 is 2.24 bits per heavy atom. The molecule has 6 heteroatoms. The lowest BCUT2D eigenvalue weighted by atomic mass is 10.1. The van der Waals surface area contributed by atoms with Gasteiger partial charge in [-0.1, -0.05) is 11.6 Å². The zero-order valence-corrected chi connectivity index (χ0v) is 14.5. The van der Waals surface area contributed by atoms with Crippen LogP contribution in [-0.2, 0) is 16.1 Å². The van der Waals surface area contributed by atoms with Crippen LogP contribution in [-0.4, -0.2) is 46.8 Å². The normalized spacial score (nSPS) is 17.1. The number of fused-ring (bicyclic) bond motifs is 1. The van der Waals surface area contributed by atoms with Crippen molar-refractivity contribution in [2.45, 2.75) is 38.8 Å². The Labute approximate surface area is 146 Å². The standard InChI is InChI=1S/C19H24N2O4/c1-13-5-6-16-14(10-13)11-15(18(23)20-16)12-21(7-3-8-22)19(24)17-4-2-9-25-17/h5-6,10-11,17,22H,2-4,7-9,12H2,1H3,(H,20,23)/t17-/m1/s1. The minimum absolute atomic E-state index is 0.00256. The number of H-pyrrole nitrogens is 1. The van der Waals surface area contributed by atoms with Crippen LogP contribution in [0.4, 0.5) is 0 Å². The van der Waals surface area contributed by atoms with E-state index in [4.69, 9.17) is 9.84 Å². The van der Waals surface area contributed by atoms with Gasteiger partial charge in [0.1, 0.15) is 6.10 Å². The predicted octanol–water partition coefficient (Wildman–Crippen LogP) is 1.73. The average Bonchev–Trinajstić information content (AvgIpc) is 3.13. The number of amides is 1. The molecule has 2 heterocycles. The SMILES string of the molecule is Cc1ccc2[nH]c(=O)c(CN(CCCO)C(=O)[C@H]3CCCO3)cc2c1. The van der Waals surface area contributed by atoms with E-state index < -0.39 is 6.10 Å². The third kappa shape index (κ3) is 4.08. The van der Waals surface area contributed by atoms with E-state index in [1.807, 2.05) is 31.2 Å². The Kier molecular flexibility index (Phi) is 5.50. The molecular formula is C19H24N2O4. The molecule has 1 fully saturated rings. The van der Waals surface area contributed by atoms with Gasteiger partial charge in [0.2, 0.25) is 0 Å². The minimum atomic E-state index is -0.430. The Bertz CT molecular complexity index is 809. The summed E-state index contributed by atoms with van der Waals surface area (Å²) >= 11 is 0. The first-order chi connectivity index (χ1) is 12.1. The number of nitrogens with zero attached hydrogens (tertiary/aromatic N) is 1. The maximum absolute atomic E-state index is 12.7. The average molecular weight is 344 g/mol. The summed E-state index contributed by atoms with van der Waals surface area (Å²) in [7, 11) is 0. The number of ether oxygens (including phenoxy) is 1. The molecule has 0 saturated carbocycles. The maximum atomic E-state index is 12.7. The van der Waals surface area contributed by atoms with Crippen molar-refractivity contribution in [3.8, 4) is 0 Å². The molecule has 6 nitrogen and oxygen atoms in total. The fraction of sp³-hybridized carbons (Fsp3) is 0.474. The Balaban J connectivity index is 1.87. The summed E-state index contributed by atoms with van der Waals surface area (Å²) in [5, 5.41) is 10.1. The molecular weight excluding hydrogens is 320 g/mol. The largest absolute Gasteiger partial charge is 0.396 e. The van der Waals surface area contributed by atoms with Crippen molar-refractivity contribution in [1.29, 1.82) is 0 Å². The fourth-order valence-corrected chi connectivity index (χ4v) is 3.20. The van der Waals surface area contributed by atoms with Crippen LogP contribution in [0.15, 0.2) is 29.1 Å². The van der Waals surface area contributed by atoms with E-state index in [9.17, 15) is 9.59 Å². The number of aryl methyl sites for hydroxylation is 1. The van der Waals surface area contributed by atoms with E-state index in [1.165, 1.54) is 0 Å². The molecule has 1 aromatic heterocycles. The van der Waals surface area contributed by atoms with Crippen molar-refractivity contribution in [2.75, 3.05) is 19.8 Å². The first-order valence-corrected chi connectivity index (χ1v) is 8.72. The summed E-state index contributed by atoms with van der Waals surface area (Å²) in [6.07, 6.45) is 1.63. The van der Waals surface area contributed by atoms with Crippen LogP contribution >= 0.6 is 0 Å². The summed E-state index contributed by atoms with van der Waals surface area (Å²) in [5.41, 5.74) is 2.25. The van der Waals surface area contributed by atoms with E-state index in [1.54, 1.807) is 4.90 Å². The van der Waals surface area contributed by atoms with Gasteiger partial charge in [0.05, 0.1) is 6.54 Å². The van der Waals surface area contributed by atoms with Gasteiger partial charge < -0.3 is 19.7 Å². The van der Waals surface area contributed by atoms with Crippen LogP contribution in [0, 0.1) is 6.92 Å². The second-order valence-corrected chi connectivity index (χ2v) is 6.55. The topological polar surface area (TPSA) is 82.6 Å². The Hall–Kier alpha value is -2.18. The number of carbonyl (C=O) groups is 1. The van der Waals surface area contributed by atoms with Gasteiger partial charge in [-0.25, -0.2) is 0 Å². The summed E-state index contributed by atoms with van der Waals surface area (Å²) in [5.74, 6) is -0.102. The van der Waals surface area contributed by atoms with Gasteiger partial charge in [-0.05, 0) is 49.8 Å². The number of hydrogen-bond acceptors (Lipinski definition) is 4. The minimum Gasteiger partial charge on any atom is -0.396 e. The monoisotopic (exact) mass is 344 g/mol. The van der Waals surface area contributed by atoms with Gasteiger partial charge in [-0.2, -0.15) is 0 Å². The molecule has 0 unspecified atom stereocenters. The van der Waals surface area contributed by atoms with E-state index >= 15 is 0 Å². The highest BCUT2D eigenvalue weighted by Crippen LogP contribution is 2.18. The van der Waals surface area contributed by atoms with Gasteiger partial charge in [0.15, 0.2) is 0 Å². The van der Waals surface area contributed by atoms with Gasteiger partial charge in [-0.3, -0.25) is 9.59 Å². The molecule has 1 atom stereocenters. The number of hydrogen-bond donors (Lipinski definition) is 2. The number of nitrogens with one attached hydrogen (secondary N) is 1. The van der Waals surface area contributed by atoms with Crippen LogP contribution in [0.5, 0.6) is 0 Å². The van der Waals surface area contributed by atoms with Crippen LogP contribution < -0.4 is 5.56 Å². The number of rotatable bonds is 6. The molecule has 25 heavy (non-hydrogen) atoms. The van der Waals surface area contributed by atoms with Gasteiger partial charge in [0.25, 0.3) is 11.5 Å². The van der Waals surface area contributed by atoms with Crippen molar-refractivity contribution in [3.05, 3.63) is 45.7 Å². The van der Waals surface area contributed by atoms with Crippen molar-refractivity contribution in [1.82, 2.24) is 9.88 Å². The molecule has 2 N–H and O–H groups in total. The molecule has 1 aromatic carbocycles. The van der Waals surface area contributed by atoms with E-state index in [2.05, 4.69) is 4.98 Å². The maximum Gasteiger partial charge on any atom is 0.253 e. The lowest BCUT2D eigenvalue weighted by molar-refractivity contribution is -0.141. The summed E-state index contributed by atoms with van der Waals surface area (Å²) in [4.78, 5) is 29.6. The summed E-state index contributed by atoms with van der Waals surface area (Å²) < 4.78 is 5.49. The molecule has 0 aliphatic carbocycles. The summed E-state index contributed by atoms with van der Waals surface area (Å²) in [6.45, 7) is 3.22. The van der Waals surface area contributed by atoms with Crippen molar-refractivity contribution < 1.29 is 14.6 Å². The molecule has 0 spiro atoms. The van der Waals surface area contributed by atoms with Gasteiger partial charge in [-0.15, -0.1) is 0 Å².